The first-order valence-electron chi connectivity index (χ1n) is 6.14. The molecule has 1 atom stereocenters. The summed E-state index contributed by atoms with van der Waals surface area (Å²) in [6, 6.07) is 8.06. The van der Waals surface area contributed by atoms with Gasteiger partial charge in [-0.2, -0.15) is 0 Å². The minimum absolute atomic E-state index is 0.0274. The van der Waals surface area contributed by atoms with Gasteiger partial charge in [-0.15, -0.1) is 0 Å². The number of hydrogen-bond acceptors (Lipinski definition) is 2. The van der Waals surface area contributed by atoms with Crippen molar-refractivity contribution in [3.63, 3.8) is 0 Å². The van der Waals surface area contributed by atoms with Crippen LogP contribution in [-0.2, 0) is 4.79 Å². The van der Waals surface area contributed by atoms with Gasteiger partial charge in [-0.05, 0) is 37.0 Å². The van der Waals surface area contributed by atoms with E-state index in [4.69, 9.17) is 5.73 Å². The monoisotopic (exact) mass is 234 g/mol. The van der Waals surface area contributed by atoms with Gasteiger partial charge in [0, 0.05) is 18.2 Å². The Labute approximate surface area is 103 Å². The number of anilines is 1. The molecule has 3 N–H and O–H groups in total. The van der Waals surface area contributed by atoms with Crippen LogP contribution in [0.1, 0.15) is 45.1 Å². The Bertz CT molecular complexity index is 355. The number of nitrogens with one attached hydrogen (secondary N) is 1. The molecular weight excluding hydrogens is 212 g/mol. The maximum atomic E-state index is 11.6. The highest BCUT2D eigenvalue weighted by Gasteiger charge is 2.04. The molecule has 3 nitrogen and oxygen atoms in total. The third-order valence-electron chi connectivity index (χ3n) is 2.69. The summed E-state index contributed by atoms with van der Waals surface area (Å²) < 4.78 is 0. The Kier molecular flexibility index (Phi) is 5.16. The molecule has 0 aromatic heterocycles. The average molecular weight is 234 g/mol. The van der Waals surface area contributed by atoms with Crippen LogP contribution in [0.25, 0.3) is 0 Å². The van der Waals surface area contributed by atoms with Gasteiger partial charge in [-0.3, -0.25) is 4.79 Å². The molecule has 0 heterocycles. The van der Waals surface area contributed by atoms with Gasteiger partial charge in [0.15, 0.2) is 0 Å². The number of amides is 1. The normalized spacial score (nSPS) is 12.5. The summed E-state index contributed by atoms with van der Waals surface area (Å²) in [5.41, 5.74) is 7.73. The predicted octanol–water partition coefficient (Wildman–Crippen LogP) is 2.88. The van der Waals surface area contributed by atoms with Gasteiger partial charge in [0.1, 0.15) is 0 Å². The number of nitrogens with two attached hydrogens (primary N) is 1. The van der Waals surface area contributed by atoms with E-state index in [1.54, 1.807) is 0 Å². The zero-order valence-corrected chi connectivity index (χ0v) is 10.9. The molecule has 1 rings (SSSR count). The molecular formula is C14H22N2O. The van der Waals surface area contributed by atoms with Crippen LogP contribution in [0.4, 0.5) is 5.69 Å². The zero-order valence-electron chi connectivity index (χ0n) is 10.9. The summed E-state index contributed by atoms with van der Waals surface area (Å²) in [7, 11) is 0. The highest BCUT2D eigenvalue weighted by Crippen LogP contribution is 2.17. The number of rotatable bonds is 5. The van der Waals surface area contributed by atoms with Crippen molar-refractivity contribution in [2.75, 3.05) is 5.32 Å². The lowest BCUT2D eigenvalue weighted by molar-refractivity contribution is -0.116. The minimum Gasteiger partial charge on any atom is -0.328 e. The van der Waals surface area contributed by atoms with E-state index in [-0.39, 0.29) is 11.9 Å². The Morgan fingerprint density at radius 1 is 1.24 bits per heavy atom. The van der Waals surface area contributed by atoms with Crippen molar-refractivity contribution in [1.82, 2.24) is 0 Å². The summed E-state index contributed by atoms with van der Waals surface area (Å²) in [4.78, 5) is 11.6. The van der Waals surface area contributed by atoms with Gasteiger partial charge in [-0.25, -0.2) is 0 Å². The summed E-state index contributed by atoms with van der Waals surface area (Å²) in [6.45, 7) is 6.21. The van der Waals surface area contributed by atoms with E-state index in [0.717, 1.165) is 12.1 Å². The lowest BCUT2D eigenvalue weighted by Crippen LogP contribution is -2.19. The second-order valence-corrected chi connectivity index (χ2v) is 4.84. The molecule has 0 aliphatic rings. The van der Waals surface area contributed by atoms with Crippen LogP contribution in [0.15, 0.2) is 24.3 Å². The summed E-state index contributed by atoms with van der Waals surface area (Å²) >= 11 is 0. The SMILES string of the molecule is CC(N)CCC(=O)Nc1ccc(C(C)C)cc1. The van der Waals surface area contributed by atoms with E-state index in [1.165, 1.54) is 5.56 Å². The van der Waals surface area contributed by atoms with Gasteiger partial charge >= 0.3 is 0 Å². The fourth-order valence-corrected chi connectivity index (χ4v) is 1.53. The second kappa shape index (κ2) is 6.40. The molecule has 17 heavy (non-hydrogen) atoms. The van der Waals surface area contributed by atoms with Crippen LogP contribution in [0.3, 0.4) is 0 Å². The topological polar surface area (TPSA) is 55.1 Å². The van der Waals surface area contributed by atoms with Crippen LogP contribution in [0.5, 0.6) is 0 Å². The minimum atomic E-state index is 0.0274. The summed E-state index contributed by atoms with van der Waals surface area (Å²) in [5, 5.41) is 2.87. The van der Waals surface area contributed by atoms with Crippen LogP contribution in [0, 0.1) is 0 Å². The van der Waals surface area contributed by atoms with Crippen molar-refractivity contribution in [2.24, 2.45) is 5.73 Å². The molecule has 1 unspecified atom stereocenters. The van der Waals surface area contributed by atoms with E-state index in [1.807, 2.05) is 31.2 Å². The average Bonchev–Trinajstić information content (AvgIpc) is 2.27. The van der Waals surface area contributed by atoms with Crippen molar-refractivity contribution >= 4 is 11.6 Å². The molecule has 1 aromatic carbocycles. The Hall–Kier alpha value is -1.35. The molecule has 94 valence electrons. The third-order valence-corrected chi connectivity index (χ3v) is 2.69. The van der Waals surface area contributed by atoms with Gasteiger partial charge in [0.05, 0.1) is 0 Å². The Balaban J connectivity index is 2.48. The maximum Gasteiger partial charge on any atom is 0.224 e. The smallest absolute Gasteiger partial charge is 0.224 e. The molecule has 1 amide bonds. The van der Waals surface area contributed by atoms with E-state index in [2.05, 4.69) is 19.2 Å². The van der Waals surface area contributed by atoms with E-state index in [9.17, 15) is 4.79 Å². The molecule has 3 heteroatoms. The highest BCUT2D eigenvalue weighted by molar-refractivity contribution is 5.90. The molecule has 0 radical (unpaired) electrons. The molecule has 0 aliphatic heterocycles. The van der Waals surface area contributed by atoms with Crippen molar-refractivity contribution in [2.45, 2.75) is 45.6 Å². The quantitative estimate of drug-likeness (QED) is 0.823. The van der Waals surface area contributed by atoms with Crippen LogP contribution in [-0.4, -0.2) is 11.9 Å². The van der Waals surface area contributed by atoms with Crippen molar-refractivity contribution in [3.8, 4) is 0 Å². The molecule has 0 spiro atoms. The van der Waals surface area contributed by atoms with E-state index in [0.29, 0.717) is 12.3 Å². The number of carbonyl (C=O) groups is 1. The molecule has 0 saturated carbocycles. The largest absolute Gasteiger partial charge is 0.328 e. The van der Waals surface area contributed by atoms with Crippen molar-refractivity contribution in [1.29, 1.82) is 0 Å². The number of carbonyl (C=O) groups excluding carboxylic acids is 1. The van der Waals surface area contributed by atoms with Crippen molar-refractivity contribution in [3.05, 3.63) is 29.8 Å². The third kappa shape index (κ3) is 5.00. The van der Waals surface area contributed by atoms with Gasteiger partial charge in [0.2, 0.25) is 5.91 Å². The van der Waals surface area contributed by atoms with Crippen molar-refractivity contribution < 1.29 is 4.79 Å². The summed E-state index contributed by atoms with van der Waals surface area (Å²) in [5.74, 6) is 0.539. The lowest BCUT2D eigenvalue weighted by Gasteiger charge is -2.09. The second-order valence-electron chi connectivity index (χ2n) is 4.84. The van der Waals surface area contributed by atoms with Crippen LogP contribution >= 0.6 is 0 Å². The standard InChI is InChI=1S/C14H22N2O/c1-10(2)12-5-7-13(8-6-12)16-14(17)9-4-11(3)15/h5-8,10-11H,4,9,15H2,1-3H3,(H,16,17). The molecule has 0 bridgehead atoms. The van der Waals surface area contributed by atoms with Gasteiger partial charge in [0.25, 0.3) is 0 Å². The molecule has 0 aliphatic carbocycles. The predicted molar refractivity (Wildman–Crippen MR) is 72.0 cm³/mol. The molecule has 0 saturated heterocycles. The van der Waals surface area contributed by atoms with E-state index < -0.39 is 0 Å². The first-order chi connectivity index (χ1) is 7.99. The first-order valence-corrected chi connectivity index (χ1v) is 6.14. The number of benzene rings is 1. The van der Waals surface area contributed by atoms with E-state index >= 15 is 0 Å². The zero-order chi connectivity index (χ0) is 12.8. The Morgan fingerprint density at radius 3 is 2.29 bits per heavy atom. The summed E-state index contributed by atoms with van der Waals surface area (Å²) in [6.07, 6.45) is 1.19. The van der Waals surface area contributed by atoms with Crippen LogP contribution in [0.2, 0.25) is 0 Å². The Morgan fingerprint density at radius 2 is 1.82 bits per heavy atom. The fourth-order valence-electron chi connectivity index (χ4n) is 1.53. The highest BCUT2D eigenvalue weighted by atomic mass is 16.1. The molecule has 1 aromatic rings. The maximum absolute atomic E-state index is 11.6. The van der Waals surface area contributed by atoms with Crippen LogP contribution < -0.4 is 11.1 Å². The number of hydrogen-bond donors (Lipinski definition) is 2. The van der Waals surface area contributed by atoms with Gasteiger partial charge < -0.3 is 11.1 Å². The lowest BCUT2D eigenvalue weighted by atomic mass is 10.0. The first kappa shape index (κ1) is 13.7. The fraction of sp³-hybridized carbons (Fsp3) is 0.500. The van der Waals surface area contributed by atoms with Gasteiger partial charge in [-0.1, -0.05) is 26.0 Å². The molecule has 0 fully saturated rings.